The molecule has 1 unspecified atom stereocenters. The Labute approximate surface area is 241 Å². The van der Waals surface area contributed by atoms with Crippen LogP contribution >= 0.6 is 0 Å². The van der Waals surface area contributed by atoms with E-state index >= 15 is 0 Å². The Morgan fingerprint density at radius 3 is 2.27 bits per heavy atom. The topological polar surface area (TPSA) is 104 Å². The van der Waals surface area contributed by atoms with Gasteiger partial charge in [0.25, 0.3) is 15.9 Å². The molecule has 3 aromatic rings. The molecule has 2 aliphatic rings. The minimum atomic E-state index is -4.05. The van der Waals surface area contributed by atoms with Crippen molar-refractivity contribution in [2.45, 2.75) is 69.0 Å². The van der Waals surface area contributed by atoms with Gasteiger partial charge in [-0.05, 0) is 43.0 Å². The van der Waals surface area contributed by atoms with Gasteiger partial charge in [0.2, 0.25) is 11.8 Å². The maximum absolute atomic E-state index is 13.9. The maximum Gasteiger partial charge on any atom is 0.269 e. The van der Waals surface area contributed by atoms with Gasteiger partial charge >= 0.3 is 0 Å². The minimum absolute atomic E-state index is 0.0492. The average molecular weight is 574 g/mol. The highest BCUT2D eigenvalue weighted by Crippen LogP contribution is 2.30. The zero-order valence-electron chi connectivity index (χ0n) is 23.2. The molecule has 1 atom stereocenters. The van der Waals surface area contributed by atoms with Crippen molar-refractivity contribution in [1.29, 1.82) is 0 Å². The van der Waals surface area contributed by atoms with Gasteiger partial charge in [0.15, 0.2) is 0 Å². The van der Waals surface area contributed by atoms with Crippen molar-refractivity contribution in [3.05, 3.63) is 101 Å². The van der Waals surface area contributed by atoms with Gasteiger partial charge in [-0.3, -0.25) is 14.4 Å². The minimum Gasteiger partial charge on any atom is -0.352 e. The highest BCUT2D eigenvalue weighted by atomic mass is 32.2. The molecule has 0 radical (unpaired) electrons. The highest BCUT2D eigenvalue weighted by molar-refractivity contribution is 7.90. The Kier molecular flexibility index (Phi) is 8.54. The molecule has 0 bridgehead atoms. The first-order valence-electron chi connectivity index (χ1n) is 14.1. The zero-order chi connectivity index (χ0) is 29.0. The number of aryl methyl sites for hydroxylation is 1. The van der Waals surface area contributed by atoms with E-state index in [0.29, 0.717) is 6.42 Å². The molecule has 5 rings (SSSR count). The van der Waals surface area contributed by atoms with Crippen LogP contribution in [0.4, 0.5) is 0 Å². The summed E-state index contributed by atoms with van der Waals surface area (Å²) in [4.78, 5) is 42.2. The number of hydrogen-bond donors (Lipinski definition) is 1. The zero-order valence-corrected chi connectivity index (χ0v) is 24.0. The number of nitrogens with one attached hydrogen (secondary N) is 1. The number of nitrogens with zero attached hydrogens (tertiary/aromatic N) is 2. The van der Waals surface area contributed by atoms with Crippen LogP contribution in [-0.2, 0) is 32.6 Å². The molecule has 1 heterocycles. The van der Waals surface area contributed by atoms with Gasteiger partial charge in [-0.15, -0.1) is 0 Å². The van der Waals surface area contributed by atoms with Crippen LogP contribution in [0, 0.1) is 6.92 Å². The normalized spacial score (nSPS) is 16.8. The summed E-state index contributed by atoms with van der Waals surface area (Å²) in [5.74, 6) is -1.26. The molecule has 3 amide bonds. The van der Waals surface area contributed by atoms with E-state index in [2.05, 4.69) is 5.32 Å². The smallest absolute Gasteiger partial charge is 0.269 e. The number of carbonyl (C=O) groups excluding carboxylic acids is 3. The van der Waals surface area contributed by atoms with Crippen molar-refractivity contribution in [3.8, 4) is 0 Å². The fourth-order valence-electron chi connectivity index (χ4n) is 5.60. The summed E-state index contributed by atoms with van der Waals surface area (Å²) >= 11 is 0. The number of amides is 3. The molecule has 8 nitrogen and oxygen atoms in total. The van der Waals surface area contributed by atoms with Crippen molar-refractivity contribution >= 4 is 27.7 Å². The SMILES string of the molecule is Cc1ccc(CN(C(=O)CCN2C(=O)c3ccccc3S2(=O)=O)C(Cc2ccccc2)C(=O)NC2CCCC2)cc1. The Hall–Kier alpha value is -3.98. The molecular weight excluding hydrogens is 538 g/mol. The summed E-state index contributed by atoms with van der Waals surface area (Å²) in [6, 6.07) is 22.6. The van der Waals surface area contributed by atoms with Gasteiger partial charge in [-0.1, -0.05) is 85.1 Å². The highest BCUT2D eigenvalue weighted by Gasteiger charge is 2.41. The lowest BCUT2D eigenvalue weighted by Crippen LogP contribution is -2.52. The Morgan fingerprint density at radius 2 is 1.59 bits per heavy atom. The number of benzene rings is 3. The predicted molar refractivity (Wildman–Crippen MR) is 155 cm³/mol. The van der Waals surface area contributed by atoms with E-state index in [1.807, 2.05) is 61.5 Å². The van der Waals surface area contributed by atoms with Crippen LogP contribution in [-0.4, -0.2) is 54.0 Å². The van der Waals surface area contributed by atoms with E-state index in [1.165, 1.54) is 12.1 Å². The van der Waals surface area contributed by atoms with Gasteiger partial charge < -0.3 is 10.2 Å². The summed E-state index contributed by atoms with van der Waals surface area (Å²) < 4.78 is 27.0. The number of fused-ring (bicyclic) bond motifs is 1. The maximum atomic E-state index is 13.9. The fourth-order valence-corrected chi connectivity index (χ4v) is 7.17. The van der Waals surface area contributed by atoms with E-state index in [-0.39, 0.29) is 41.9 Å². The molecule has 1 aliphatic carbocycles. The van der Waals surface area contributed by atoms with Crippen LogP contribution < -0.4 is 5.32 Å². The van der Waals surface area contributed by atoms with Gasteiger partial charge in [0.1, 0.15) is 10.9 Å². The van der Waals surface area contributed by atoms with Crippen LogP contribution in [0.2, 0.25) is 0 Å². The van der Waals surface area contributed by atoms with Crippen molar-refractivity contribution in [3.63, 3.8) is 0 Å². The molecule has 1 N–H and O–H groups in total. The second kappa shape index (κ2) is 12.3. The third-order valence-corrected chi connectivity index (χ3v) is 9.73. The second-order valence-corrected chi connectivity index (χ2v) is 12.7. The van der Waals surface area contributed by atoms with Crippen LogP contribution in [0.15, 0.2) is 83.8 Å². The molecular formula is C32H35N3O5S. The third kappa shape index (κ3) is 6.35. The van der Waals surface area contributed by atoms with E-state index in [4.69, 9.17) is 0 Å². The van der Waals surface area contributed by atoms with E-state index in [9.17, 15) is 22.8 Å². The van der Waals surface area contributed by atoms with Gasteiger partial charge in [0.05, 0.1) is 5.56 Å². The van der Waals surface area contributed by atoms with Gasteiger partial charge in [0, 0.05) is 32.0 Å². The monoisotopic (exact) mass is 573 g/mol. The summed E-state index contributed by atoms with van der Waals surface area (Å²) in [7, 11) is -4.05. The lowest BCUT2D eigenvalue weighted by molar-refractivity contribution is -0.141. The predicted octanol–water partition coefficient (Wildman–Crippen LogP) is 4.23. The van der Waals surface area contributed by atoms with Crippen molar-refractivity contribution in [2.24, 2.45) is 0 Å². The summed E-state index contributed by atoms with van der Waals surface area (Å²) in [6.45, 7) is 1.85. The Balaban J connectivity index is 1.42. The van der Waals surface area contributed by atoms with Crippen molar-refractivity contribution in [2.75, 3.05) is 6.54 Å². The molecule has 1 saturated carbocycles. The van der Waals surface area contributed by atoms with Crippen molar-refractivity contribution in [1.82, 2.24) is 14.5 Å². The first kappa shape index (κ1) is 28.5. The summed E-state index contributed by atoms with van der Waals surface area (Å²) in [5, 5.41) is 3.17. The van der Waals surface area contributed by atoms with Crippen LogP contribution in [0.3, 0.4) is 0 Å². The first-order chi connectivity index (χ1) is 19.7. The lowest BCUT2D eigenvalue weighted by Gasteiger charge is -2.33. The average Bonchev–Trinajstić information content (AvgIpc) is 3.55. The third-order valence-electron chi connectivity index (χ3n) is 7.89. The largest absolute Gasteiger partial charge is 0.352 e. The molecule has 3 aromatic carbocycles. The molecule has 214 valence electrons. The molecule has 0 spiro atoms. The van der Waals surface area contributed by atoms with Crippen LogP contribution in [0.1, 0.15) is 59.2 Å². The summed E-state index contributed by atoms with van der Waals surface area (Å²) in [5.41, 5.74) is 2.94. The molecule has 0 saturated heterocycles. The second-order valence-electron chi connectivity index (χ2n) is 10.8. The van der Waals surface area contributed by atoms with Crippen LogP contribution in [0.25, 0.3) is 0 Å². The molecule has 41 heavy (non-hydrogen) atoms. The molecule has 1 fully saturated rings. The Morgan fingerprint density at radius 1 is 0.927 bits per heavy atom. The van der Waals surface area contributed by atoms with Crippen LogP contribution in [0.5, 0.6) is 0 Å². The van der Waals surface area contributed by atoms with Crippen molar-refractivity contribution < 1.29 is 22.8 Å². The molecule has 1 aliphatic heterocycles. The standard InChI is InChI=1S/C32H35N3O5S/c1-23-15-17-25(18-16-23)22-34(28(21-24-9-3-2-4-10-24)31(37)33-26-11-5-6-12-26)30(36)19-20-35-32(38)27-13-7-8-14-29(27)41(35,39)40/h2-4,7-10,13-18,26,28H,5-6,11-12,19-22H2,1H3,(H,33,37). The number of sulfonamides is 1. The van der Waals surface area contributed by atoms with E-state index < -0.39 is 27.9 Å². The number of rotatable bonds is 10. The van der Waals surface area contributed by atoms with Gasteiger partial charge in [-0.25, -0.2) is 12.7 Å². The molecule has 9 heteroatoms. The summed E-state index contributed by atoms with van der Waals surface area (Å²) in [6.07, 6.45) is 3.99. The van der Waals surface area contributed by atoms with E-state index in [0.717, 1.165) is 46.7 Å². The quantitative estimate of drug-likeness (QED) is 0.391. The Bertz CT molecular complexity index is 1520. The lowest BCUT2D eigenvalue weighted by atomic mass is 10.0. The van der Waals surface area contributed by atoms with E-state index in [1.54, 1.807) is 17.0 Å². The molecule has 0 aromatic heterocycles. The number of hydrogen-bond acceptors (Lipinski definition) is 5. The first-order valence-corrected chi connectivity index (χ1v) is 15.5. The van der Waals surface area contributed by atoms with Gasteiger partial charge in [-0.2, -0.15) is 0 Å². The number of carbonyl (C=O) groups is 3. The fraction of sp³-hybridized carbons (Fsp3) is 0.344.